The quantitative estimate of drug-likeness (QED) is 0.786. The fourth-order valence-electron chi connectivity index (χ4n) is 5.50. The van der Waals surface area contributed by atoms with E-state index in [1.54, 1.807) is 6.33 Å². The summed E-state index contributed by atoms with van der Waals surface area (Å²) >= 11 is 0. The van der Waals surface area contributed by atoms with Gasteiger partial charge in [-0.05, 0) is 44.7 Å². The lowest BCUT2D eigenvalue weighted by Gasteiger charge is -2.41. The number of hydrogen-bond donors (Lipinski definition) is 0. The molecule has 1 aromatic rings. The molecule has 154 valence electrons. The minimum atomic E-state index is -0.202. The molecule has 4 atom stereocenters. The van der Waals surface area contributed by atoms with Gasteiger partial charge in [-0.25, -0.2) is 4.98 Å². The Labute approximate surface area is 167 Å². The molecule has 0 aromatic carbocycles. The third kappa shape index (κ3) is 3.45. The van der Waals surface area contributed by atoms with Crippen LogP contribution in [0.25, 0.3) is 0 Å². The number of piperidine rings is 2. The highest BCUT2D eigenvalue weighted by molar-refractivity contribution is 5.85. The van der Waals surface area contributed by atoms with Crippen molar-refractivity contribution in [3.8, 4) is 0 Å². The second-order valence-electron chi connectivity index (χ2n) is 8.92. The fraction of sp³-hybridized carbons (Fsp3) is 0.762. The first-order valence-corrected chi connectivity index (χ1v) is 10.7. The van der Waals surface area contributed by atoms with Gasteiger partial charge in [0.05, 0.1) is 30.2 Å². The molecule has 28 heavy (non-hydrogen) atoms. The first-order chi connectivity index (χ1) is 13.5. The first-order valence-electron chi connectivity index (χ1n) is 10.7. The summed E-state index contributed by atoms with van der Waals surface area (Å²) in [5, 5.41) is 0. The zero-order chi connectivity index (χ0) is 19.8. The van der Waals surface area contributed by atoms with E-state index in [0.717, 1.165) is 38.3 Å². The number of aryl methyl sites for hydroxylation is 1. The summed E-state index contributed by atoms with van der Waals surface area (Å²) in [6.07, 6.45) is 6.77. The van der Waals surface area contributed by atoms with E-state index >= 15 is 0 Å². The lowest BCUT2D eigenvalue weighted by atomic mass is 9.85. The van der Waals surface area contributed by atoms with E-state index in [9.17, 15) is 9.59 Å². The Kier molecular flexibility index (Phi) is 5.45. The van der Waals surface area contributed by atoms with Gasteiger partial charge in [-0.15, -0.1) is 0 Å². The Morgan fingerprint density at radius 2 is 1.96 bits per heavy atom. The van der Waals surface area contributed by atoms with Crippen LogP contribution in [0.5, 0.6) is 0 Å². The number of carbonyl (C=O) groups is 2. The Hall–Kier alpha value is -1.89. The topological polar surface area (TPSA) is 61.7 Å². The number of imidazole rings is 1. The van der Waals surface area contributed by atoms with Crippen LogP contribution >= 0.6 is 0 Å². The molecule has 0 aliphatic carbocycles. The second-order valence-corrected chi connectivity index (χ2v) is 8.92. The SMILES string of the molecule is CCCN1C(=O)CC[C@H](C(=O)N2CC3CCN(C)CC3C2)[C@H]1c1cncn1C. The maximum atomic E-state index is 13.6. The summed E-state index contributed by atoms with van der Waals surface area (Å²) in [4.78, 5) is 37.0. The minimum Gasteiger partial charge on any atom is -0.342 e. The fourth-order valence-corrected chi connectivity index (χ4v) is 5.50. The van der Waals surface area contributed by atoms with E-state index in [0.29, 0.717) is 31.2 Å². The summed E-state index contributed by atoms with van der Waals surface area (Å²) in [7, 11) is 4.13. The standard InChI is InChI=1S/C21H33N5O2/c1-4-8-26-19(27)6-5-17(20(26)18-10-22-14-24(18)3)21(28)25-12-15-7-9-23(2)11-16(15)13-25/h10,14-17,20H,4-9,11-13H2,1-3H3/t15?,16?,17-,20-/m0/s1. The summed E-state index contributed by atoms with van der Waals surface area (Å²) in [6.45, 7) is 6.74. The molecule has 4 rings (SSSR count). The van der Waals surface area contributed by atoms with Crippen LogP contribution in [0.15, 0.2) is 12.5 Å². The van der Waals surface area contributed by atoms with Crippen LogP contribution in [0.4, 0.5) is 0 Å². The lowest BCUT2D eigenvalue weighted by Crippen LogP contribution is -2.49. The molecular formula is C21H33N5O2. The zero-order valence-corrected chi connectivity index (χ0v) is 17.4. The van der Waals surface area contributed by atoms with Crippen molar-refractivity contribution < 1.29 is 9.59 Å². The van der Waals surface area contributed by atoms with Crippen LogP contribution < -0.4 is 0 Å². The second kappa shape index (κ2) is 7.85. The lowest BCUT2D eigenvalue weighted by molar-refractivity contribution is -0.148. The van der Waals surface area contributed by atoms with E-state index in [4.69, 9.17) is 0 Å². The van der Waals surface area contributed by atoms with Crippen molar-refractivity contribution in [2.75, 3.05) is 39.8 Å². The first kappa shape index (κ1) is 19.4. The molecule has 0 radical (unpaired) electrons. The molecular weight excluding hydrogens is 354 g/mol. The number of likely N-dealkylation sites (tertiary alicyclic amines) is 3. The van der Waals surface area contributed by atoms with Gasteiger partial charge in [0.1, 0.15) is 0 Å². The van der Waals surface area contributed by atoms with Crippen molar-refractivity contribution in [3.63, 3.8) is 0 Å². The highest BCUT2D eigenvalue weighted by Crippen LogP contribution is 2.40. The van der Waals surface area contributed by atoms with Crippen molar-refractivity contribution >= 4 is 11.8 Å². The molecule has 0 bridgehead atoms. The number of fused-ring (bicyclic) bond motifs is 1. The van der Waals surface area contributed by atoms with Gasteiger partial charge in [0.15, 0.2) is 0 Å². The van der Waals surface area contributed by atoms with Crippen LogP contribution in [0.3, 0.4) is 0 Å². The molecule has 1 aromatic heterocycles. The van der Waals surface area contributed by atoms with Gasteiger partial charge in [0.2, 0.25) is 11.8 Å². The predicted molar refractivity (Wildman–Crippen MR) is 106 cm³/mol. The van der Waals surface area contributed by atoms with E-state index in [2.05, 4.69) is 28.8 Å². The number of nitrogens with zero attached hydrogens (tertiary/aromatic N) is 5. The number of amides is 2. The van der Waals surface area contributed by atoms with Gasteiger partial charge < -0.3 is 19.3 Å². The van der Waals surface area contributed by atoms with Crippen molar-refractivity contribution in [2.45, 2.75) is 38.6 Å². The molecule has 3 fully saturated rings. The van der Waals surface area contributed by atoms with E-state index < -0.39 is 0 Å². The summed E-state index contributed by atoms with van der Waals surface area (Å²) in [5.41, 5.74) is 0.969. The van der Waals surface area contributed by atoms with E-state index in [1.807, 2.05) is 22.7 Å². The largest absolute Gasteiger partial charge is 0.342 e. The summed E-state index contributed by atoms with van der Waals surface area (Å²) < 4.78 is 1.96. The predicted octanol–water partition coefficient (Wildman–Crippen LogP) is 1.52. The Morgan fingerprint density at radius 3 is 2.68 bits per heavy atom. The molecule has 0 spiro atoms. The van der Waals surface area contributed by atoms with Crippen LogP contribution in [-0.2, 0) is 16.6 Å². The van der Waals surface area contributed by atoms with Gasteiger partial charge in [-0.2, -0.15) is 0 Å². The van der Waals surface area contributed by atoms with Crippen LogP contribution in [0.1, 0.15) is 44.3 Å². The van der Waals surface area contributed by atoms with Gasteiger partial charge >= 0.3 is 0 Å². The molecule has 2 amide bonds. The zero-order valence-electron chi connectivity index (χ0n) is 17.4. The van der Waals surface area contributed by atoms with Crippen LogP contribution in [0, 0.1) is 17.8 Å². The van der Waals surface area contributed by atoms with E-state index in [-0.39, 0.29) is 23.8 Å². The van der Waals surface area contributed by atoms with Gasteiger partial charge in [0.25, 0.3) is 0 Å². The minimum absolute atomic E-state index is 0.161. The van der Waals surface area contributed by atoms with Crippen molar-refractivity contribution in [1.82, 2.24) is 24.3 Å². The van der Waals surface area contributed by atoms with Gasteiger partial charge in [-0.3, -0.25) is 9.59 Å². The van der Waals surface area contributed by atoms with Gasteiger partial charge in [0, 0.05) is 39.6 Å². The van der Waals surface area contributed by atoms with Crippen LogP contribution in [-0.4, -0.2) is 75.8 Å². The smallest absolute Gasteiger partial charge is 0.228 e. The average molecular weight is 388 g/mol. The normalized spacial score (nSPS) is 31.3. The summed E-state index contributed by atoms with van der Waals surface area (Å²) in [5.74, 6) is 1.45. The third-order valence-corrected chi connectivity index (χ3v) is 6.96. The van der Waals surface area contributed by atoms with E-state index in [1.165, 1.54) is 6.42 Å². The molecule has 7 heteroatoms. The maximum absolute atomic E-state index is 13.6. The number of hydrogen-bond acceptors (Lipinski definition) is 4. The summed E-state index contributed by atoms with van der Waals surface area (Å²) in [6, 6.07) is -0.202. The Morgan fingerprint density at radius 1 is 1.18 bits per heavy atom. The van der Waals surface area contributed by atoms with Crippen molar-refractivity contribution in [3.05, 3.63) is 18.2 Å². The number of carbonyl (C=O) groups excluding carboxylic acids is 2. The maximum Gasteiger partial charge on any atom is 0.228 e. The molecule has 3 saturated heterocycles. The molecule has 7 nitrogen and oxygen atoms in total. The van der Waals surface area contributed by atoms with Crippen molar-refractivity contribution in [1.29, 1.82) is 0 Å². The van der Waals surface area contributed by atoms with Crippen LogP contribution in [0.2, 0.25) is 0 Å². The Bertz CT molecular complexity index is 732. The van der Waals surface area contributed by atoms with Crippen molar-refractivity contribution in [2.24, 2.45) is 24.8 Å². The number of aromatic nitrogens is 2. The Balaban J connectivity index is 1.58. The molecule has 0 N–H and O–H groups in total. The molecule has 2 unspecified atom stereocenters. The third-order valence-electron chi connectivity index (χ3n) is 6.96. The highest BCUT2D eigenvalue weighted by atomic mass is 16.2. The molecule has 3 aliphatic heterocycles. The monoisotopic (exact) mass is 387 g/mol. The molecule has 3 aliphatic rings. The average Bonchev–Trinajstić information content (AvgIpc) is 3.28. The molecule has 4 heterocycles. The highest BCUT2D eigenvalue weighted by Gasteiger charge is 2.46. The molecule has 0 saturated carbocycles. The number of rotatable bonds is 4. The van der Waals surface area contributed by atoms with Gasteiger partial charge in [-0.1, -0.05) is 6.92 Å².